The molecule has 2 nitrogen and oxygen atoms in total. The second kappa shape index (κ2) is 14.8. The van der Waals surface area contributed by atoms with E-state index < -0.39 is 0 Å². The maximum absolute atomic E-state index is 12.5. The summed E-state index contributed by atoms with van der Waals surface area (Å²) >= 11 is 0. The number of hydrogen-bond donors (Lipinski definition) is 0. The summed E-state index contributed by atoms with van der Waals surface area (Å²) in [6.45, 7) is 8.99. The molecule has 0 N–H and O–H groups in total. The lowest BCUT2D eigenvalue weighted by atomic mass is 10.1. The van der Waals surface area contributed by atoms with Crippen LogP contribution in [-0.4, -0.2) is 24.3 Å². The van der Waals surface area contributed by atoms with Gasteiger partial charge in [0.25, 0.3) is 0 Å². The standard InChI is InChI=1S/C19H41NO/c1-4-7-8-9-10-11-12-13-14-15-16-19-20(21,17-5-2)18-6-3/h4-19H2,1-3H3. The van der Waals surface area contributed by atoms with Gasteiger partial charge in [-0.1, -0.05) is 78.6 Å². The SMILES string of the molecule is CCCCCCCCCCCCC[N+]([O-])(CCC)CCC. The van der Waals surface area contributed by atoms with Gasteiger partial charge in [0, 0.05) is 0 Å². The quantitative estimate of drug-likeness (QED) is 0.183. The number of unbranched alkanes of at least 4 members (excludes halogenated alkanes) is 10. The predicted molar refractivity (Wildman–Crippen MR) is 95.3 cm³/mol. The Balaban J connectivity index is 3.37. The Morgan fingerprint density at radius 3 is 1.24 bits per heavy atom. The van der Waals surface area contributed by atoms with Crippen LogP contribution < -0.4 is 0 Å². The second-order valence-corrected chi connectivity index (χ2v) is 6.76. The molecule has 128 valence electrons. The highest BCUT2D eigenvalue weighted by molar-refractivity contribution is 4.50. The minimum Gasteiger partial charge on any atom is -0.633 e. The van der Waals surface area contributed by atoms with Crippen LogP contribution in [0.4, 0.5) is 0 Å². The molecular weight excluding hydrogens is 258 g/mol. The molecule has 0 aliphatic rings. The van der Waals surface area contributed by atoms with E-state index in [-0.39, 0.29) is 4.65 Å². The van der Waals surface area contributed by atoms with E-state index in [0.717, 1.165) is 38.9 Å². The van der Waals surface area contributed by atoms with E-state index in [9.17, 15) is 5.21 Å². The molecule has 0 radical (unpaired) electrons. The van der Waals surface area contributed by atoms with Crippen LogP contribution in [0.15, 0.2) is 0 Å². The number of hydroxylamine groups is 3. The molecule has 2 heteroatoms. The molecule has 0 aromatic carbocycles. The molecule has 0 fully saturated rings. The highest BCUT2D eigenvalue weighted by Crippen LogP contribution is 2.14. The molecule has 21 heavy (non-hydrogen) atoms. The minimum atomic E-state index is 0.0599. The monoisotopic (exact) mass is 299 g/mol. The van der Waals surface area contributed by atoms with Crippen LogP contribution in [0.3, 0.4) is 0 Å². The van der Waals surface area contributed by atoms with Gasteiger partial charge < -0.3 is 9.85 Å². The summed E-state index contributed by atoms with van der Waals surface area (Å²) in [6, 6.07) is 0. The van der Waals surface area contributed by atoms with Crippen molar-refractivity contribution in [3.63, 3.8) is 0 Å². The topological polar surface area (TPSA) is 23.1 Å². The fraction of sp³-hybridized carbons (Fsp3) is 1.00. The van der Waals surface area contributed by atoms with Gasteiger partial charge >= 0.3 is 0 Å². The average Bonchev–Trinajstić information content (AvgIpc) is 2.45. The van der Waals surface area contributed by atoms with Gasteiger partial charge in [0.1, 0.15) is 0 Å². The molecule has 0 bridgehead atoms. The van der Waals surface area contributed by atoms with Crippen molar-refractivity contribution in [3.8, 4) is 0 Å². The summed E-state index contributed by atoms with van der Waals surface area (Å²) in [4.78, 5) is 0. The Bertz CT molecular complexity index is 200. The van der Waals surface area contributed by atoms with Crippen molar-refractivity contribution < 1.29 is 4.65 Å². The van der Waals surface area contributed by atoms with E-state index in [4.69, 9.17) is 0 Å². The maximum atomic E-state index is 12.5. The average molecular weight is 300 g/mol. The number of rotatable bonds is 16. The van der Waals surface area contributed by atoms with Gasteiger partial charge in [-0.05, 0) is 25.7 Å². The van der Waals surface area contributed by atoms with E-state index >= 15 is 0 Å². The summed E-state index contributed by atoms with van der Waals surface area (Å²) in [5.74, 6) is 0. The highest BCUT2D eigenvalue weighted by Gasteiger charge is 2.13. The summed E-state index contributed by atoms with van der Waals surface area (Å²) < 4.78 is 0.0599. The largest absolute Gasteiger partial charge is 0.633 e. The van der Waals surface area contributed by atoms with Gasteiger partial charge in [0.2, 0.25) is 0 Å². The van der Waals surface area contributed by atoms with Crippen molar-refractivity contribution in [3.05, 3.63) is 5.21 Å². The fourth-order valence-electron chi connectivity index (χ4n) is 3.21. The zero-order chi connectivity index (χ0) is 15.8. The zero-order valence-electron chi connectivity index (χ0n) is 15.2. The van der Waals surface area contributed by atoms with Crippen LogP contribution in [0.2, 0.25) is 0 Å². The lowest BCUT2D eigenvalue weighted by molar-refractivity contribution is -0.881. The van der Waals surface area contributed by atoms with Gasteiger partial charge in [0.15, 0.2) is 0 Å². The highest BCUT2D eigenvalue weighted by atomic mass is 16.5. The predicted octanol–water partition coefficient (Wildman–Crippen LogP) is 6.43. The van der Waals surface area contributed by atoms with E-state index in [1.807, 2.05) is 0 Å². The number of nitrogens with zero attached hydrogens (tertiary/aromatic N) is 1. The third-order valence-corrected chi connectivity index (χ3v) is 4.43. The number of hydrogen-bond acceptors (Lipinski definition) is 1. The van der Waals surface area contributed by atoms with E-state index in [1.165, 1.54) is 64.2 Å². The molecule has 0 aliphatic carbocycles. The molecule has 0 saturated carbocycles. The Morgan fingerprint density at radius 2 is 0.857 bits per heavy atom. The third kappa shape index (κ3) is 13.3. The van der Waals surface area contributed by atoms with Crippen molar-refractivity contribution in [2.24, 2.45) is 0 Å². The lowest BCUT2D eigenvalue weighted by Crippen LogP contribution is -2.44. The van der Waals surface area contributed by atoms with Crippen molar-refractivity contribution >= 4 is 0 Å². The first-order valence-corrected chi connectivity index (χ1v) is 9.75. The van der Waals surface area contributed by atoms with Crippen LogP contribution in [0.25, 0.3) is 0 Å². The fourth-order valence-corrected chi connectivity index (χ4v) is 3.21. The molecule has 0 rings (SSSR count). The molecule has 0 heterocycles. The summed E-state index contributed by atoms with van der Waals surface area (Å²) in [6.07, 6.45) is 16.9. The maximum Gasteiger partial charge on any atom is 0.0783 e. The van der Waals surface area contributed by atoms with Crippen molar-refractivity contribution in [2.75, 3.05) is 19.6 Å². The van der Waals surface area contributed by atoms with Gasteiger partial charge in [-0.25, -0.2) is 0 Å². The molecule has 0 saturated heterocycles. The molecule has 0 spiro atoms. The Kier molecular flexibility index (Phi) is 14.8. The normalized spacial score (nSPS) is 12.0. The van der Waals surface area contributed by atoms with Crippen LogP contribution >= 0.6 is 0 Å². The second-order valence-electron chi connectivity index (χ2n) is 6.76. The van der Waals surface area contributed by atoms with E-state index in [2.05, 4.69) is 20.8 Å². The van der Waals surface area contributed by atoms with Gasteiger partial charge in [0.05, 0.1) is 19.6 Å². The van der Waals surface area contributed by atoms with Crippen molar-refractivity contribution in [1.29, 1.82) is 0 Å². The molecule has 0 aromatic heterocycles. The van der Waals surface area contributed by atoms with Crippen LogP contribution in [0.1, 0.15) is 104 Å². The van der Waals surface area contributed by atoms with Crippen molar-refractivity contribution in [1.82, 2.24) is 0 Å². The molecule has 0 aromatic rings. The molecule has 0 atom stereocenters. The molecular formula is C19H41NO. The summed E-state index contributed by atoms with van der Waals surface area (Å²) in [5, 5.41) is 12.5. The minimum absolute atomic E-state index is 0.0599. The van der Waals surface area contributed by atoms with Crippen LogP contribution in [0, 0.1) is 5.21 Å². The lowest BCUT2D eigenvalue weighted by Gasteiger charge is -2.42. The van der Waals surface area contributed by atoms with Crippen LogP contribution in [0.5, 0.6) is 0 Å². The van der Waals surface area contributed by atoms with E-state index in [0.29, 0.717) is 0 Å². The molecule has 0 aliphatic heterocycles. The third-order valence-electron chi connectivity index (χ3n) is 4.43. The molecule has 0 unspecified atom stereocenters. The Labute approximate surface area is 134 Å². The molecule has 0 amide bonds. The summed E-state index contributed by atoms with van der Waals surface area (Å²) in [7, 11) is 0. The van der Waals surface area contributed by atoms with Crippen LogP contribution in [-0.2, 0) is 0 Å². The number of quaternary nitrogens is 1. The van der Waals surface area contributed by atoms with E-state index in [1.54, 1.807) is 0 Å². The Morgan fingerprint density at radius 1 is 0.476 bits per heavy atom. The van der Waals surface area contributed by atoms with Gasteiger partial charge in [-0.2, -0.15) is 0 Å². The summed E-state index contributed by atoms with van der Waals surface area (Å²) in [5.41, 5.74) is 0. The van der Waals surface area contributed by atoms with Gasteiger partial charge in [-0.15, -0.1) is 0 Å². The Hall–Kier alpha value is -0.0800. The van der Waals surface area contributed by atoms with Gasteiger partial charge in [-0.3, -0.25) is 0 Å². The zero-order valence-corrected chi connectivity index (χ0v) is 15.2. The first-order chi connectivity index (χ1) is 10.2. The smallest absolute Gasteiger partial charge is 0.0783 e. The van der Waals surface area contributed by atoms with Crippen molar-refractivity contribution in [2.45, 2.75) is 104 Å². The first-order valence-electron chi connectivity index (χ1n) is 9.75. The first kappa shape index (κ1) is 20.9.